The number of nitrogens with zero attached hydrogens (tertiary/aromatic N) is 3. The summed E-state index contributed by atoms with van der Waals surface area (Å²) in [7, 11) is 0. The Morgan fingerprint density at radius 3 is 2.55 bits per heavy atom. The quantitative estimate of drug-likeness (QED) is 0.585. The number of carbonyl (C=O) groups excluding carboxylic acids is 1. The monoisotopic (exact) mass is 433 g/mol. The number of hydrogen-bond acceptors (Lipinski definition) is 4. The Morgan fingerprint density at radius 1 is 1.07 bits per heavy atom. The van der Waals surface area contributed by atoms with Crippen LogP contribution < -0.4 is 4.74 Å². The van der Waals surface area contributed by atoms with Crippen LogP contribution in [0.3, 0.4) is 0 Å². The number of aromatic nitrogens is 2. The molecule has 0 radical (unpaired) electrons. The van der Waals surface area contributed by atoms with Gasteiger partial charge in [0.05, 0.1) is 11.9 Å². The van der Waals surface area contributed by atoms with Crippen molar-refractivity contribution in [3.63, 3.8) is 0 Å². The van der Waals surface area contributed by atoms with Crippen LogP contribution in [-0.4, -0.2) is 40.0 Å². The van der Waals surface area contributed by atoms with E-state index in [0.717, 1.165) is 53.7 Å². The molecule has 1 aliphatic rings. The number of piperidine rings is 1. The first-order valence-corrected chi connectivity index (χ1v) is 9.47. The number of likely N-dealkylation sites (tertiary alicyclic amines) is 1. The minimum Gasteiger partial charge on any atom is -0.489 e. The highest BCUT2D eigenvalue weighted by atomic mass is 35.5. The first-order chi connectivity index (χ1) is 13.2. The van der Waals surface area contributed by atoms with Gasteiger partial charge in [0.1, 0.15) is 11.9 Å². The fraction of sp³-hybridized carbons (Fsp3) is 0.318. The molecule has 7 heteroatoms. The molecule has 3 aromatic rings. The Labute approximate surface area is 183 Å². The minimum absolute atomic E-state index is 0. The van der Waals surface area contributed by atoms with Gasteiger partial charge in [0, 0.05) is 55.7 Å². The standard InChI is InChI=1S/C22H23N3O2.2ClH/c1-2-22(26)25-11-8-19(9-12-25)27-20-5-6-21(24-15-20)17-3-4-18-14-23-10-7-16(18)13-17;;/h3-7,10,13-15,19H,2,8-9,11-12H2,1H3;2*1H. The van der Waals surface area contributed by atoms with Gasteiger partial charge in [-0.1, -0.05) is 19.1 Å². The van der Waals surface area contributed by atoms with Gasteiger partial charge in [-0.15, -0.1) is 24.8 Å². The van der Waals surface area contributed by atoms with E-state index in [4.69, 9.17) is 4.74 Å². The zero-order valence-corrected chi connectivity index (χ0v) is 17.9. The van der Waals surface area contributed by atoms with E-state index in [2.05, 4.69) is 28.2 Å². The van der Waals surface area contributed by atoms with Gasteiger partial charge in [-0.05, 0) is 29.7 Å². The van der Waals surface area contributed by atoms with Crippen molar-refractivity contribution < 1.29 is 9.53 Å². The van der Waals surface area contributed by atoms with E-state index in [1.807, 2.05) is 36.2 Å². The second-order valence-corrected chi connectivity index (χ2v) is 6.87. The third-order valence-corrected chi connectivity index (χ3v) is 5.07. The topological polar surface area (TPSA) is 55.3 Å². The van der Waals surface area contributed by atoms with Crippen molar-refractivity contribution in [3.05, 3.63) is 55.0 Å². The molecular formula is C22H25Cl2N3O2. The highest BCUT2D eigenvalue weighted by Crippen LogP contribution is 2.25. The molecule has 1 aromatic carbocycles. The Balaban J connectivity index is 0.00000150. The average Bonchev–Trinajstić information content (AvgIpc) is 2.74. The minimum atomic E-state index is 0. The molecule has 0 aliphatic carbocycles. The summed E-state index contributed by atoms with van der Waals surface area (Å²) in [5.74, 6) is 1.01. The highest BCUT2D eigenvalue weighted by Gasteiger charge is 2.23. The maximum atomic E-state index is 11.8. The molecule has 0 spiro atoms. The van der Waals surface area contributed by atoms with Gasteiger partial charge in [-0.3, -0.25) is 14.8 Å². The maximum absolute atomic E-state index is 11.8. The van der Waals surface area contributed by atoms with E-state index in [9.17, 15) is 4.79 Å². The van der Waals surface area contributed by atoms with Crippen molar-refractivity contribution >= 4 is 41.5 Å². The number of fused-ring (bicyclic) bond motifs is 1. The lowest BCUT2D eigenvalue weighted by Gasteiger charge is -2.32. The van der Waals surface area contributed by atoms with Gasteiger partial charge >= 0.3 is 0 Å². The predicted octanol–water partition coefficient (Wildman–Crippen LogP) is 4.92. The summed E-state index contributed by atoms with van der Waals surface area (Å²) >= 11 is 0. The number of hydrogen-bond donors (Lipinski definition) is 0. The van der Waals surface area contributed by atoms with Gasteiger partial charge in [0.25, 0.3) is 0 Å². The summed E-state index contributed by atoms with van der Waals surface area (Å²) in [6.07, 6.45) is 7.90. The van der Waals surface area contributed by atoms with Gasteiger partial charge in [0.15, 0.2) is 0 Å². The van der Waals surface area contributed by atoms with Crippen LogP contribution in [0.5, 0.6) is 5.75 Å². The number of benzene rings is 1. The lowest BCUT2D eigenvalue weighted by atomic mass is 10.1. The van der Waals surface area contributed by atoms with Gasteiger partial charge in [-0.25, -0.2) is 0 Å². The van der Waals surface area contributed by atoms with Crippen molar-refractivity contribution in [1.82, 2.24) is 14.9 Å². The number of rotatable bonds is 4. The molecule has 0 atom stereocenters. The number of carbonyl (C=O) groups is 1. The predicted molar refractivity (Wildman–Crippen MR) is 120 cm³/mol. The summed E-state index contributed by atoms with van der Waals surface area (Å²) in [6.45, 7) is 3.45. The summed E-state index contributed by atoms with van der Waals surface area (Å²) in [5, 5.41) is 2.27. The summed E-state index contributed by atoms with van der Waals surface area (Å²) in [4.78, 5) is 22.4. The molecule has 0 saturated carbocycles. The lowest BCUT2D eigenvalue weighted by Crippen LogP contribution is -2.41. The van der Waals surface area contributed by atoms with Gasteiger partial charge < -0.3 is 9.64 Å². The van der Waals surface area contributed by atoms with E-state index >= 15 is 0 Å². The molecule has 1 fully saturated rings. The first kappa shape index (κ1) is 22.9. The summed E-state index contributed by atoms with van der Waals surface area (Å²) < 4.78 is 6.07. The molecule has 1 aliphatic heterocycles. The fourth-order valence-electron chi connectivity index (χ4n) is 3.50. The molecule has 0 N–H and O–H groups in total. The smallest absolute Gasteiger partial charge is 0.222 e. The van der Waals surface area contributed by atoms with Crippen LogP contribution in [0, 0.1) is 0 Å². The van der Waals surface area contributed by atoms with Gasteiger partial charge in [0.2, 0.25) is 5.91 Å². The number of amides is 1. The van der Waals surface area contributed by atoms with Crippen LogP contribution >= 0.6 is 24.8 Å². The lowest BCUT2D eigenvalue weighted by molar-refractivity contribution is -0.132. The summed E-state index contributed by atoms with van der Waals surface area (Å²) in [6, 6.07) is 12.2. The summed E-state index contributed by atoms with van der Waals surface area (Å²) in [5.41, 5.74) is 2.00. The van der Waals surface area contributed by atoms with E-state index in [0.29, 0.717) is 6.42 Å². The van der Waals surface area contributed by atoms with Crippen LogP contribution in [0.1, 0.15) is 26.2 Å². The number of ether oxygens (including phenoxy) is 1. The van der Waals surface area contributed by atoms with E-state index in [-0.39, 0.29) is 36.8 Å². The van der Waals surface area contributed by atoms with Crippen molar-refractivity contribution in [2.24, 2.45) is 0 Å². The molecule has 1 saturated heterocycles. The zero-order chi connectivity index (χ0) is 18.6. The molecule has 0 bridgehead atoms. The van der Waals surface area contributed by atoms with Crippen molar-refractivity contribution in [2.75, 3.05) is 13.1 Å². The second-order valence-electron chi connectivity index (χ2n) is 6.87. The third-order valence-electron chi connectivity index (χ3n) is 5.07. The SMILES string of the molecule is CCC(=O)N1CCC(Oc2ccc(-c3ccc4cnccc4c3)nc2)CC1.Cl.Cl. The Kier molecular flexibility index (Phi) is 8.23. The van der Waals surface area contributed by atoms with Crippen molar-refractivity contribution in [3.8, 4) is 17.0 Å². The normalized spacial score (nSPS) is 14.0. The molecule has 4 rings (SSSR count). The number of halogens is 2. The molecule has 3 heterocycles. The number of pyridine rings is 2. The molecule has 0 unspecified atom stereocenters. The second kappa shape index (κ2) is 10.4. The van der Waals surface area contributed by atoms with E-state index in [1.165, 1.54) is 0 Å². The van der Waals surface area contributed by atoms with Crippen LogP contribution in [0.15, 0.2) is 55.0 Å². The molecule has 154 valence electrons. The Morgan fingerprint density at radius 2 is 1.86 bits per heavy atom. The maximum Gasteiger partial charge on any atom is 0.222 e. The molecule has 5 nitrogen and oxygen atoms in total. The highest BCUT2D eigenvalue weighted by molar-refractivity contribution is 5.86. The largest absolute Gasteiger partial charge is 0.489 e. The molecule has 1 amide bonds. The fourth-order valence-corrected chi connectivity index (χ4v) is 3.50. The van der Waals surface area contributed by atoms with Crippen molar-refractivity contribution in [2.45, 2.75) is 32.3 Å². The zero-order valence-electron chi connectivity index (χ0n) is 16.3. The van der Waals surface area contributed by atoms with E-state index < -0.39 is 0 Å². The van der Waals surface area contributed by atoms with Crippen LogP contribution in [0.25, 0.3) is 22.0 Å². The first-order valence-electron chi connectivity index (χ1n) is 9.47. The third kappa shape index (κ3) is 5.37. The average molecular weight is 434 g/mol. The van der Waals surface area contributed by atoms with Crippen LogP contribution in [-0.2, 0) is 4.79 Å². The van der Waals surface area contributed by atoms with E-state index in [1.54, 1.807) is 12.4 Å². The molecular weight excluding hydrogens is 409 g/mol. The Hall–Kier alpha value is -2.37. The van der Waals surface area contributed by atoms with Crippen molar-refractivity contribution in [1.29, 1.82) is 0 Å². The molecule has 2 aromatic heterocycles. The van der Waals surface area contributed by atoms with Crippen LogP contribution in [0.4, 0.5) is 0 Å². The Bertz CT molecular complexity index is 942. The molecule has 29 heavy (non-hydrogen) atoms. The van der Waals surface area contributed by atoms with Gasteiger partial charge in [-0.2, -0.15) is 0 Å². The van der Waals surface area contributed by atoms with Crippen LogP contribution in [0.2, 0.25) is 0 Å².